The number of aliphatic hydroxyl groups excluding tert-OH is 1. The van der Waals surface area contributed by atoms with Crippen LogP contribution >= 0.6 is 12.6 Å². The summed E-state index contributed by atoms with van der Waals surface area (Å²) in [6.45, 7) is -0.591. The Morgan fingerprint density at radius 2 is 1.71 bits per heavy atom. The number of hydrogen-bond donors (Lipinski definition) is 3. The van der Waals surface area contributed by atoms with Crippen LogP contribution in [0.15, 0.2) is 0 Å². The summed E-state index contributed by atoms with van der Waals surface area (Å²) in [6, 6.07) is 0. The van der Waals surface area contributed by atoms with Gasteiger partial charge in [0.2, 0.25) is 0 Å². The van der Waals surface area contributed by atoms with Crippen LogP contribution in [0.4, 0.5) is 0 Å². The fraction of sp³-hybridized carbons (Fsp3) is 0.750. The number of quaternary nitrogens is 1. The van der Waals surface area contributed by atoms with Gasteiger partial charge in [-0.2, -0.15) is 12.6 Å². The number of carbonyl (C=O) groups excluding carboxylic acids is 1. The molecule has 0 aromatic carbocycles. The molecular formula is C4H12KNO6S2. The molecule has 0 aromatic rings. The molecule has 0 saturated heterocycles. The SMILES string of the molecule is O=C([O-])CS.O=S(=O)([O-])CCO.[K+].[NH4+]. The Morgan fingerprint density at radius 1 is 1.43 bits per heavy atom. The minimum absolute atomic E-state index is 0. The van der Waals surface area contributed by atoms with E-state index in [1.807, 2.05) is 0 Å². The molecule has 0 aliphatic carbocycles. The van der Waals surface area contributed by atoms with Gasteiger partial charge in [0.15, 0.2) is 0 Å². The molecule has 0 atom stereocenters. The van der Waals surface area contributed by atoms with Crippen LogP contribution in [0.25, 0.3) is 0 Å². The Bertz CT molecular complexity index is 218. The van der Waals surface area contributed by atoms with Gasteiger partial charge in [0.05, 0.1) is 28.4 Å². The summed E-state index contributed by atoms with van der Waals surface area (Å²) < 4.78 is 28.5. The molecule has 0 radical (unpaired) electrons. The first-order chi connectivity index (χ1) is 5.33. The van der Waals surface area contributed by atoms with Crippen molar-refractivity contribution in [1.82, 2.24) is 6.15 Å². The van der Waals surface area contributed by atoms with Crippen molar-refractivity contribution in [3.05, 3.63) is 0 Å². The third kappa shape index (κ3) is 37.8. The second kappa shape index (κ2) is 14.3. The summed E-state index contributed by atoms with van der Waals surface area (Å²) in [4.78, 5) is 9.18. The molecule has 0 spiro atoms. The van der Waals surface area contributed by atoms with Gasteiger partial charge >= 0.3 is 51.4 Å². The number of carboxylic acids is 1. The van der Waals surface area contributed by atoms with Gasteiger partial charge in [-0.1, -0.05) is 0 Å². The Kier molecular flexibility index (Phi) is 25.0. The molecule has 0 unspecified atom stereocenters. The van der Waals surface area contributed by atoms with E-state index in [9.17, 15) is 22.9 Å². The van der Waals surface area contributed by atoms with Gasteiger partial charge in [-0.3, -0.25) is 0 Å². The summed E-state index contributed by atoms with van der Waals surface area (Å²) in [7, 11) is -4.17. The van der Waals surface area contributed by atoms with Crippen molar-refractivity contribution in [2.75, 3.05) is 18.1 Å². The van der Waals surface area contributed by atoms with Crippen LogP contribution in [0.3, 0.4) is 0 Å². The Morgan fingerprint density at radius 3 is 1.71 bits per heavy atom. The normalized spacial score (nSPS) is 8.50. The average Bonchev–Trinajstić information content (AvgIpc) is 1.86. The van der Waals surface area contributed by atoms with E-state index in [1.54, 1.807) is 0 Å². The maximum absolute atomic E-state index is 9.52. The van der Waals surface area contributed by atoms with Crippen molar-refractivity contribution in [3.8, 4) is 0 Å². The zero-order valence-electron chi connectivity index (χ0n) is 7.97. The second-order valence-corrected chi connectivity index (χ2v) is 3.36. The molecule has 0 amide bonds. The third-order valence-electron chi connectivity index (χ3n) is 0.470. The number of hydrogen-bond acceptors (Lipinski definition) is 7. The first kappa shape index (κ1) is 24.5. The van der Waals surface area contributed by atoms with Crippen molar-refractivity contribution >= 4 is 28.7 Å². The number of carboxylic acid groups (broad SMARTS) is 1. The third-order valence-corrected chi connectivity index (χ3v) is 1.41. The summed E-state index contributed by atoms with van der Waals surface area (Å²) in [5, 5.41) is 17.0. The molecule has 0 fully saturated rings. The van der Waals surface area contributed by atoms with Gasteiger partial charge in [0, 0.05) is 5.75 Å². The summed E-state index contributed by atoms with van der Waals surface area (Å²) in [6.07, 6.45) is 0. The van der Waals surface area contributed by atoms with E-state index in [1.165, 1.54) is 0 Å². The van der Waals surface area contributed by atoms with Gasteiger partial charge in [0.25, 0.3) is 0 Å². The van der Waals surface area contributed by atoms with E-state index < -0.39 is 28.4 Å². The van der Waals surface area contributed by atoms with Crippen LogP contribution in [0.2, 0.25) is 0 Å². The van der Waals surface area contributed by atoms with E-state index >= 15 is 0 Å². The maximum Gasteiger partial charge on any atom is 1.00 e. The topological polar surface area (TPSA) is 154 Å². The molecule has 0 bridgehead atoms. The molecule has 0 saturated carbocycles. The van der Waals surface area contributed by atoms with E-state index in [4.69, 9.17) is 5.11 Å². The smallest absolute Gasteiger partial charge is 0.748 e. The minimum Gasteiger partial charge on any atom is -0.748 e. The number of carbonyl (C=O) groups is 1. The molecule has 82 valence electrons. The number of rotatable bonds is 3. The van der Waals surface area contributed by atoms with Gasteiger partial charge in [-0.15, -0.1) is 0 Å². The largest absolute Gasteiger partial charge is 1.00 e. The molecule has 0 aliphatic rings. The molecule has 7 nitrogen and oxygen atoms in total. The molecule has 0 rings (SSSR count). The molecule has 0 heterocycles. The second-order valence-electron chi connectivity index (χ2n) is 1.52. The van der Waals surface area contributed by atoms with Gasteiger partial charge in [-0.05, 0) is 0 Å². The predicted octanol–water partition coefficient (Wildman–Crippen LogP) is -5.43. The zero-order valence-corrected chi connectivity index (χ0v) is 12.8. The summed E-state index contributed by atoms with van der Waals surface area (Å²) in [5.41, 5.74) is 0. The molecule has 10 heteroatoms. The van der Waals surface area contributed by atoms with E-state index in [0.29, 0.717) is 0 Å². The fourth-order valence-electron chi connectivity index (χ4n) is 0.112. The monoisotopic (exact) mass is 273 g/mol. The van der Waals surface area contributed by atoms with Crippen LogP contribution in [0, 0.1) is 0 Å². The standard InChI is InChI=1S/C2H6O4S.C2H4O2S.K.H3N/c3-1-2-7(4,5)6;3-2(4)1-5;;/h3H,1-2H2,(H,4,5,6);5H,1H2,(H,3,4);;1H3/q;;+1;/p-1. The molecular weight excluding hydrogens is 261 g/mol. The van der Waals surface area contributed by atoms with Crippen LogP contribution in [-0.2, 0) is 14.9 Å². The Hall–Kier alpha value is 1.29. The average molecular weight is 273 g/mol. The maximum atomic E-state index is 9.52. The summed E-state index contributed by atoms with van der Waals surface area (Å²) >= 11 is 3.35. The van der Waals surface area contributed by atoms with E-state index in [-0.39, 0.29) is 63.3 Å². The van der Waals surface area contributed by atoms with Gasteiger partial charge in [-0.25, -0.2) is 8.42 Å². The van der Waals surface area contributed by atoms with Crippen LogP contribution in [-0.4, -0.2) is 42.2 Å². The fourth-order valence-corrected chi connectivity index (χ4v) is 0.335. The van der Waals surface area contributed by atoms with Gasteiger partial charge in [0.1, 0.15) is 0 Å². The van der Waals surface area contributed by atoms with Crippen molar-refractivity contribution in [3.63, 3.8) is 0 Å². The molecule has 5 N–H and O–H groups in total. The van der Waals surface area contributed by atoms with Crippen molar-refractivity contribution in [2.24, 2.45) is 0 Å². The molecule has 0 aliphatic heterocycles. The zero-order chi connectivity index (χ0) is 10.2. The Labute approximate surface area is 130 Å². The van der Waals surface area contributed by atoms with Crippen LogP contribution in [0.5, 0.6) is 0 Å². The van der Waals surface area contributed by atoms with Gasteiger partial charge < -0.3 is 25.7 Å². The van der Waals surface area contributed by atoms with Crippen molar-refractivity contribution in [2.45, 2.75) is 0 Å². The first-order valence-corrected chi connectivity index (χ1v) is 4.89. The van der Waals surface area contributed by atoms with Crippen molar-refractivity contribution < 1.29 is 79.4 Å². The van der Waals surface area contributed by atoms with E-state index in [0.717, 1.165) is 0 Å². The van der Waals surface area contributed by atoms with Crippen molar-refractivity contribution in [1.29, 1.82) is 0 Å². The van der Waals surface area contributed by atoms with Crippen LogP contribution < -0.4 is 62.6 Å². The Balaban J connectivity index is -0.0000000651. The molecule has 14 heavy (non-hydrogen) atoms. The van der Waals surface area contributed by atoms with Crippen LogP contribution in [0.1, 0.15) is 0 Å². The number of aliphatic hydroxyl groups is 1. The number of thiol groups is 1. The number of aliphatic carboxylic acids is 1. The summed E-state index contributed by atoms with van der Waals surface area (Å²) in [5.74, 6) is -2.01. The predicted molar refractivity (Wildman–Crippen MR) is 46.5 cm³/mol. The quantitative estimate of drug-likeness (QED) is 0.265. The minimum atomic E-state index is -4.17. The first-order valence-electron chi connectivity index (χ1n) is 2.68. The molecule has 0 aromatic heterocycles. The van der Waals surface area contributed by atoms with E-state index in [2.05, 4.69) is 12.6 Å².